The minimum absolute atomic E-state index is 0.0397. The predicted octanol–water partition coefficient (Wildman–Crippen LogP) is 5.04. The molecule has 1 aliphatic heterocycles. The van der Waals surface area contributed by atoms with Gasteiger partial charge in [-0.25, -0.2) is 0 Å². The van der Waals surface area contributed by atoms with Gasteiger partial charge in [-0.15, -0.1) is 6.58 Å². The van der Waals surface area contributed by atoms with Gasteiger partial charge in [0.1, 0.15) is 6.10 Å². The van der Waals surface area contributed by atoms with Crippen LogP contribution in [0.25, 0.3) is 6.08 Å². The zero-order valence-electron chi connectivity index (χ0n) is 16.6. The largest absolute Gasteiger partial charge is 0.404 e. The van der Waals surface area contributed by atoms with E-state index in [9.17, 15) is 4.79 Å². The van der Waals surface area contributed by atoms with Crippen LogP contribution >= 0.6 is 0 Å². The summed E-state index contributed by atoms with van der Waals surface area (Å²) in [7, 11) is -2.08. The molecule has 0 N–H and O–H groups in total. The molecular weight excluding hydrogens is 338 g/mol. The number of benzene rings is 1. The van der Waals surface area contributed by atoms with Crippen molar-refractivity contribution in [2.75, 3.05) is 6.54 Å². The maximum atomic E-state index is 12.7. The first-order valence-electron chi connectivity index (χ1n) is 9.15. The molecule has 0 radical (unpaired) electrons. The summed E-state index contributed by atoms with van der Waals surface area (Å²) < 4.78 is 6.54. The molecule has 2 rings (SSSR count). The summed E-state index contributed by atoms with van der Waals surface area (Å²) in [5.74, 6) is 0.0397. The number of hydrogen-bond acceptors (Lipinski definition) is 3. The summed E-state index contributed by atoms with van der Waals surface area (Å²) in [5.41, 5.74) is 1.11. The van der Waals surface area contributed by atoms with Crippen molar-refractivity contribution in [2.24, 2.45) is 0 Å². The zero-order chi connectivity index (χ0) is 19.4. The van der Waals surface area contributed by atoms with Crippen molar-refractivity contribution >= 4 is 20.2 Å². The molecule has 0 saturated carbocycles. The lowest BCUT2D eigenvalue weighted by atomic mass is 10.00. The quantitative estimate of drug-likeness (QED) is 0.519. The van der Waals surface area contributed by atoms with Gasteiger partial charge in [-0.3, -0.25) is 4.79 Å². The minimum Gasteiger partial charge on any atom is -0.404 e. The van der Waals surface area contributed by atoms with Crippen molar-refractivity contribution in [3.63, 3.8) is 0 Å². The number of ketones is 1. The van der Waals surface area contributed by atoms with Crippen LogP contribution in [0.5, 0.6) is 0 Å². The summed E-state index contributed by atoms with van der Waals surface area (Å²) in [6, 6.07) is 9.99. The highest BCUT2D eigenvalue weighted by Crippen LogP contribution is 2.38. The Morgan fingerprint density at radius 1 is 1.23 bits per heavy atom. The van der Waals surface area contributed by atoms with Gasteiger partial charge in [0, 0.05) is 12.7 Å². The Morgan fingerprint density at radius 3 is 2.46 bits per heavy atom. The molecule has 3 nitrogen and oxygen atoms in total. The molecule has 1 aliphatic rings. The second-order valence-electron chi connectivity index (χ2n) is 8.26. The lowest BCUT2D eigenvalue weighted by Gasteiger charge is -2.43. The molecule has 0 amide bonds. The highest BCUT2D eigenvalue weighted by Gasteiger charge is 2.43. The molecular formula is C22H31NO2Si. The monoisotopic (exact) mass is 369 g/mol. The number of nitrogens with zero attached hydrogens (tertiary/aromatic N) is 1. The predicted molar refractivity (Wildman–Crippen MR) is 112 cm³/mol. The molecule has 26 heavy (non-hydrogen) atoms. The van der Waals surface area contributed by atoms with Crippen LogP contribution in [0, 0.1) is 0 Å². The van der Waals surface area contributed by atoms with Crippen LogP contribution in [-0.4, -0.2) is 37.7 Å². The second-order valence-corrected chi connectivity index (χ2v) is 13.0. The van der Waals surface area contributed by atoms with Crippen molar-refractivity contribution in [1.82, 2.24) is 4.90 Å². The van der Waals surface area contributed by atoms with Gasteiger partial charge in [-0.1, -0.05) is 69.3 Å². The third-order valence-corrected chi connectivity index (χ3v) is 9.71. The molecule has 0 aliphatic carbocycles. The Balaban J connectivity index is 2.34. The Bertz CT molecular complexity index is 686. The summed E-state index contributed by atoms with van der Waals surface area (Å²) in [6.07, 6.45) is 9.00. The molecule has 0 fully saturated rings. The fraction of sp³-hybridized carbons (Fsp3) is 0.409. The highest BCUT2D eigenvalue weighted by molar-refractivity contribution is 6.74. The van der Waals surface area contributed by atoms with Gasteiger partial charge in [-0.05, 0) is 29.8 Å². The second kappa shape index (κ2) is 8.19. The van der Waals surface area contributed by atoms with E-state index >= 15 is 0 Å². The fourth-order valence-electron chi connectivity index (χ4n) is 2.64. The van der Waals surface area contributed by atoms with Gasteiger partial charge < -0.3 is 9.33 Å². The zero-order valence-corrected chi connectivity index (χ0v) is 17.6. The van der Waals surface area contributed by atoms with Gasteiger partial charge in [0.25, 0.3) is 0 Å². The van der Waals surface area contributed by atoms with Crippen molar-refractivity contribution < 1.29 is 9.22 Å². The molecule has 4 heteroatoms. The van der Waals surface area contributed by atoms with Crippen LogP contribution in [0.3, 0.4) is 0 Å². The first-order valence-corrected chi connectivity index (χ1v) is 12.1. The van der Waals surface area contributed by atoms with Crippen LogP contribution in [0.1, 0.15) is 26.3 Å². The maximum absolute atomic E-state index is 12.7. The molecule has 0 aromatic heterocycles. The molecule has 1 aromatic carbocycles. The number of hydrogen-bond donors (Lipinski definition) is 0. The van der Waals surface area contributed by atoms with Crippen LogP contribution in [-0.2, 0) is 9.22 Å². The Morgan fingerprint density at radius 2 is 1.88 bits per heavy atom. The standard InChI is InChI=1S/C22H31NO2Si/c1-7-16-23-17-15-20(24)21(25-26(5,6)22(2,3)4)19(23)14-13-18-11-9-8-10-12-18/h7-15,17,19,21H,1,16H2,2-6H3/b14-13+/t19-,21+/m0/s1. The van der Waals surface area contributed by atoms with E-state index in [0.29, 0.717) is 6.54 Å². The highest BCUT2D eigenvalue weighted by atomic mass is 28.4. The SMILES string of the molecule is C=CCN1C=CC(=O)[C@H](O[Si](C)(C)C(C)(C)C)[C@@H]1/C=C/c1ccccc1. The maximum Gasteiger partial charge on any atom is 0.193 e. The molecule has 2 atom stereocenters. The summed E-state index contributed by atoms with van der Waals surface area (Å²) in [5, 5.41) is 0.0470. The summed E-state index contributed by atoms with van der Waals surface area (Å²) >= 11 is 0. The first-order chi connectivity index (χ1) is 12.2. The van der Waals surface area contributed by atoms with E-state index in [2.05, 4.69) is 69.6 Å². The Kier molecular flexibility index (Phi) is 6.42. The first kappa shape index (κ1) is 20.4. The lowest BCUT2D eigenvalue weighted by molar-refractivity contribution is -0.124. The van der Waals surface area contributed by atoms with Crippen molar-refractivity contribution in [3.8, 4) is 0 Å². The van der Waals surface area contributed by atoms with Gasteiger partial charge in [0.05, 0.1) is 6.04 Å². The molecule has 140 valence electrons. The van der Waals surface area contributed by atoms with E-state index in [1.54, 1.807) is 6.08 Å². The van der Waals surface area contributed by atoms with Gasteiger partial charge in [0.15, 0.2) is 14.1 Å². The summed E-state index contributed by atoms with van der Waals surface area (Å²) in [6.45, 7) is 15.5. The van der Waals surface area contributed by atoms with Crippen molar-refractivity contribution in [1.29, 1.82) is 0 Å². The van der Waals surface area contributed by atoms with Crippen LogP contribution in [0.15, 0.2) is 61.3 Å². The van der Waals surface area contributed by atoms with Gasteiger partial charge in [-0.2, -0.15) is 0 Å². The minimum atomic E-state index is -2.08. The van der Waals surface area contributed by atoms with E-state index in [0.717, 1.165) is 5.56 Å². The van der Waals surface area contributed by atoms with E-state index < -0.39 is 14.4 Å². The smallest absolute Gasteiger partial charge is 0.193 e. The molecule has 0 spiro atoms. The Labute approximate surface area is 159 Å². The van der Waals surface area contributed by atoms with E-state index in [1.165, 1.54) is 0 Å². The molecule has 0 unspecified atom stereocenters. The van der Waals surface area contributed by atoms with Crippen LogP contribution < -0.4 is 0 Å². The van der Waals surface area contributed by atoms with E-state index in [4.69, 9.17) is 4.43 Å². The van der Waals surface area contributed by atoms with E-state index in [-0.39, 0.29) is 16.9 Å². The normalized spacial score (nSPS) is 21.4. The van der Waals surface area contributed by atoms with Gasteiger partial charge in [0.2, 0.25) is 0 Å². The average Bonchev–Trinajstić information content (AvgIpc) is 2.57. The average molecular weight is 370 g/mol. The molecule has 0 bridgehead atoms. The number of carbonyl (C=O) groups excluding carboxylic acids is 1. The third kappa shape index (κ3) is 4.83. The molecule has 0 saturated heterocycles. The fourth-order valence-corrected chi connectivity index (χ4v) is 3.89. The van der Waals surface area contributed by atoms with Crippen LogP contribution in [0.4, 0.5) is 0 Å². The molecule has 1 heterocycles. The number of rotatable bonds is 6. The molecule has 1 aromatic rings. The Hall–Kier alpha value is -1.91. The van der Waals surface area contributed by atoms with Crippen molar-refractivity contribution in [2.45, 2.75) is 51.0 Å². The van der Waals surface area contributed by atoms with Crippen molar-refractivity contribution in [3.05, 3.63) is 66.9 Å². The lowest BCUT2D eigenvalue weighted by Crippen LogP contribution is -2.54. The topological polar surface area (TPSA) is 29.5 Å². The third-order valence-electron chi connectivity index (χ3n) is 5.26. The van der Waals surface area contributed by atoms with Gasteiger partial charge >= 0.3 is 0 Å². The summed E-state index contributed by atoms with van der Waals surface area (Å²) in [4.78, 5) is 14.8. The van der Waals surface area contributed by atoms with E-state index in [1.807, 2.05) is 30.5 Å². The van der Waals surface area contributed by atoms with Crippen LogP contribution in [0.2, 0.25) is 18.1 Å². The number of carbonyl (C=O) groups is 1.